The first kappa shape index (κ1) is 44.7. The van der Waals surface area contributed by atoms with Crippen LogP contribution in [0.15, 0.2) is 85.0 Å². The Labute approximate surface area is 325 Å². The smallest absolute Gasteiger partial charge is 0.331 e. The molecule has 2 fully saturated rings. The number of carboxylic acids is 1. The number of aliphatic hydroxyl groups is 1. The van der Waals surface area contributed by atoms with Crippen LogP contribution in [0.1, 0.15) is 75.3 Å². The van der Waals surface area contributed by atoms with Crippen LogP contribution in [-0.4, -0.2) is 114 Å². The average molecular weight is 763 g/mol. The van der Waals surface area contributed by atoms with E-state index in [0.29, 0.717) is 64.6 Å². The number of carbonyl (C=O) groups excluding carboxylic acids is 4. The number of ether oxygens (including phenoxy) is 3. The number of ketones is 1. The molecule has 0 saturated carbocycles. The molecular weight excluding hydrogens is 704 g/mol. The first-order chi connectivity index (χ1) is 26.7. The second kappa shape index (κ2) is 26.2. The van der Waals surface area contributed by atoms with Crippen LogP contribution in [0.25, 0.3) is 0 Å². The lowest BCUT2D eigenvalue weighted by Crippen LogP contribution is -2.44. The molecule has 0 aliphatic carbocycles. The fourth-order valence-corrected chi connectivity index (χ4v) is 6.69. The fourth-order valence-electron chi connectivity index (χ4n) is 6.69. The third-order valence-electron chi connectivity index (χ3n) is 9.56. The first-order valence-corrected chi connectivity index (χ1v) is 19.3. The zero-order valence-corrected chi connectivity index (χ0v) is 32.1. The molecule has 2 amide bonds. The summed E-state index contributed by atoms with van der Waals surface area (Å²) in [5.41, 5.74) is 2.14. The summed E-state index contributed by atoms with van der Waals surface area (Å²) >= 11 is 0. The molecule has 1 unspecified atom stereocenters. The molecule has 2 aromatic rings. The monoisotopic (exact) mass is 762 g/mol. The molecule has 0 bridgehead atoms. The summed E-state index contributed by atoms with van der Waals surface area (Å²) in [5, 5.41) is 18.9. The Morgan fingerprint density at radius 2 is 1.29 bits per heavy atom. The largest absolute Gasteiger partial charge is 0.480 e. The molecule has 0 radical (unpaired) electrons. The maximum Gasteiger partial charge on any atom is 0.331 e. The summed E-state index contributed by atoms with van der Waals surface area (Å²) in [6, 6.07) is 19.9. The van der Waals surface area contributed by atoms with E-state index >= 15 is 0 Å². The summed E-state index contributed by atoms with van der Waals surface area (Å²) < 4.78 is 14.6. The molecule has 12 heteroatoms. The Hall–Kier alpha value is -4.65. The Morgan fingerprint density at radius 3 is 1.84 bits per heavy atom. The molecule has 0 spiro atoms. The van der Waals surface area contributed by atoms with Crippen molar-refractivity contribution in [3.05, 3.63) is 96.1 Å². The highest BCUT2D eigenvalue weighted by molar-refractivity contribution is 5.81. The highest BCUT2D eigenvalue weighted by Gasteiger charge is 2.28. The topological polar surface area (TPSA) is 160 Å². The van der Waals surface area contributed by atoms with Crippen molar-refractivity contribution >= 4 is 29.5 Å². The van der Waals surface area contributed by atoms with Crippen LogP contribution < -0.4 is 0 Å². The van der Waals surface area contributed by atoms with Crippen LogP contribution in [0.4, 0.5) is 0 Å². The standard InChI is InChI=1S/C22H31NO5.C21H27NO5/c1-27-22(26)17-28-15-6-5-14-23-19(10-7-11-21(23)25)12-13-20(24)16-18-8-3-2-4-9-18;23-19(15-17-7-2-1-3-8-17)12-11-18-9-6-10-20(24)22(18)13-4-5-14-27-16-21(25)26/h2-6,8-9,19-20,24H,7,10-17H2,1H3;1-5,7-8,18H,6,9-16H2,(H,25,26)/b6-5-;5-4-/t19-,20?;18-/m11/s1. The number of amides is 2. The van der Waals surface area contributed by atoms with Crippen LogP contribution >= 0.6 is 0 Å². The molecule has 2 aliphatic rings. The lowest BCUT2D eigenvalue weighted by Gasteiger charge is -2.35. The molecule has 300 valence electrons. The number of Topliss-reactive ketones (excluding diaryl/α,β-unsaturated/α-hetero) is 1. The summed E-state index contributed by atoms with van der Waals surface area (Å²) in [7, 11) is 1.32. The maximum atomic E-state index is 12.3. The van der Waals surface area contributed by atoms with E-state index in [2.05, 4.69) is 4.74 Å². The lowest BCUT2D eigenvalue weighted by molar-refractivity contribution is -0.145. The van der Waals surface area contributed by atoms with E-state index < -0.39 is 18.0 Å². The van der Waals surface area contributed by atoms with Crippen molar-refractivity contribution in [2.24, 2.45) is 0 Å². The third kappa shape index (κ3) is 18.5. The predicted molar refractivity (Wildman–Crippen MR) is 208 cm³/mol. The van der Waals surface area contributed by atoms with Gasteiger partial charge in [0.1, 0.15) is 19.0 Å². The van der Waals surface area contributed by atoms with E-state index in [1.54, 1.807) is 6.08 Å². The van der Waals surface area contributed by atoms with Crippen molar-refractivity contribution in [3.8, 4) is 0 Å². The summed E-state index contributed by atoms with van der Waals surface area (Å²) in [6.45, 7) is 1.09. The minimum Gasteiger partial charge on any atom is -0.480 e. The lowest BCUT2D eigenvalue weighted by atomic mass is 9.94. The number of carbonyl (C=O) groups is 5. The zero-order valence-electron chi connectivity index (χ0n) is 32.1. The zero-order chi connectivity index (χ0) is 39.7. The van der Waals surface area contributed by atoms with Crippen LogP contribution in [-0.2, 0) is 51.0 Å². The molecule has 2 saturated heterocycles. The molecule has 0 aromatic heterocycles. The van der Waals surface area contributed by atoms with E-state index in [0.717, 1.165) is 43.2 Å². The van der Waals surface area contributed by atoms with Gasteiger partial charge in [0.15, 0.2) is 0 Å². The van der Waals surface area contributed by atoms with Gasteiger partial charge in [-0.3, -0.25) is 14.4 Å². The summed E-state index contributed by atoms with van der Waals surface area (Å²) in [5.74, 6) is -0.952. The van der Waals surface area contributed by atoms with Gasteiger partial charge in [-0.2, -0.15) is 0 Å². The highest BCUT2D eigenvalue weighted by atomic mass is 16.6. The quantitative estimate of drug-likeness (QED) is 0.0938. The van der Waals surface area contributed by atoms with Crippen molar-refractivity contribution in [2.75, 3.05) is 46.6 Å². The Bertz CT molecular complexity index is 1510. The number of nitrogens with zero attached hydrogens (tertiary/aromatic N) is 2. The number of esters is 1. The number of aliphatic hydroxyl groups excluding tert-OH is 1. The van der Waals surface area contributed by atoms with Crippen LogP contribution in [0.5, 0.6) is 0 Å². The number of hydrogen-bond acceptors (Lipinski definition) is 9. The molecule has 2 aliphatic heterocycles. The van der Waals surface area contributed by atoms with Crippen LogP contribution in [0, 0.1) is 0 Å². The molecule has 55 heavy (non-hydrogen) atoms. The Balaban J connectivity index is 0.000000296. The van der Waals surface area contributed by atoms with Gasteiger partial charge in [0.25, 0.3) is 0 Å². The number of piperidine rings is 2. The van der Waals surface area contributed by atoms with Gasteiger partial charge in [0.05, 0.1) is 26.4 Å². The normalized spacial score (nSPS) is 17.9. The van der Waals surface area contributed by atoms with Crippen LogP contribution in [0.2, 0.25) is 0 Å². The number of benzene rings is 2. The van der Waals surface area contributed by atoms with E-state index in [4.69, 9.17) is 14.6 Å². The first-order valence-electron chi connectivity index (χ1n) is 19.3. The molecule has 2 heterocycles. The molecule has 12 nitrogen and oxygen atoms in total. The Morgan fingerprint density at radius 1 is 0.764 bits per heavy atom. The van der Waals surface area contributed by atoms with E-state index in [1.807, 2.05) is 88.7 Å². The van der Waals surface area contributed by atoms with Gasteiger partial charge in [0, 0.05) is 50.9 Å². The highest BCUT2D eigenvalue weighted by Crippen LogP contribution is 2.24. The summed E-state index contributed by atoms with van der Waals surface area (Å²) in [4.78, 5) is 61.9. The number of likely N-dealkylation sites (tertiary alicyclic amines) is 2. The number of hydrogen-bond donors (Lipinski definition) is 2. The van der Waals surface area contributed by atoms with Gasteiger partial charge in [-0.25, -0.2) is 9.59 Å². The van der Waals surface area contributed by atoms with Crippen LogP contribution in [0.3, 0.4) is 0 Å². The number of methoxy groups -OCH3 is 1. The van der Waals surface area contributed by atoms with Crippen molar-refractivity contribution in [1.29, 1.82) is 0 Å². The van der Waals surface area contributed by atoms with Gasteiger partial charge >= 0.3 is 11.9 Å². The molecule has 2 N–H and O–H groups in total. The summed E-state index contributed by atoms with van der Waals surface area (Å²) in [6.07, 6.45) is 15.3. The molecule has 3 atom stereocenters. The second-order valence-electron chi connectivity index (χ2n) is 13.8. The number of carboxylic acid groups (broad SMARTS) is 1. The van der Waals surface area contributed by atoms with Gasteiger partial charge in [-0.05, 0) is 62.5 Å². The minimum absolute atomic E-state index is 0.0780. The van der Waals surface area contributed by atoms with Crippen molar-refractivity contribution in [3.63, 3.8) is 0 Å². The third-order valence-corrected chi connectivity index (χ3v) is 9.56. The maximum absolute atomic E-state index is 12.3. The van der Waals surface area contributed by atoms with Gasteiger partial charge < -0.3 is 34.2 Å². The minimum atomic E-state index is -1.00. The predicted octanol–water partition coefficient (Wildman–Crippen LogP) is 5.11. The van der Waals surface area contributed by atoms with E-state index in [9.17, 15) is 29.1 Å². The molecular formula is C43H58N2O10. The van der Waals surface area contributed by atoms with Gasteiger partial charge in [-0.15, -0.1) is 0 Å². The molecule has 2 aromatic carbocycles. The Kier molecular flexibility index (Phi) is 21.3. The average Bonchev–Trinajstić information content (AvgIpc) is 3.18. The SMILES string of the molecule is COC(=O)COC/C=C\CN1C(=O)CCC[C@@H]1CCC(O)Cc1ccccc1.O=C(O)COC/C=C\CN1C(=O)CCC[C@@H]1CCC(=O)Cc1ccccc1. The molecule has 4 rings (SSSR count). The van der Waals surface area contributed by atoms with E-state index in [1.165, 1.54) is 7.11 Å². The number of aliphatic carboxylic acids is 1. The van der Waals surface area contributed by atoms with Gasteiger partial charge in [0.2, 0.25) is 11.8 Å². The van der Waals surface area contributed by atoms with Gasteiger partial charge in [-0.1, -0.05) is 85.0 Å². The second-order valence-corrected chi connectivity index (χ2v) is 13.8. The van der Waals surface area contributed by atoms with Crippen molar-refractivity contribution in [1.82, 2.24) is 9.80 Å². The van der Waals surface area contributed by atoms with Crippen molar-refractivity contribution in [2.45, 2.75) is 95.2 Å². The number of rotatable bonds is 22. The fraction of sp³-hybridized carbons (Fsp3) is 0.512. The van der Waals surface area contributed by atoms with E-state index in [-0.39, 0.29) is 49.5 Å². The van der Waals surface area contributed by atoms with Crippen molar-refractivity contribution < 1.29 is 48.4 Å².